The van der Waals surface area contributed by atoms with Crippen LogP contribution < -0.4 is 23.7 Å². The van der Waals surface area contributed by atoms with E-state index in [1.165, 1.54) is 24.3 Å². The van der Waals surface area contributed by atoms with Gasteiger partial charge in [0.25, 0.3) is 0 Å². The molecule has 466 valence electrons. The minimum Gasteiger partial charge on any atom is -0.508 e. The monoisotopic (exact) mass is 1190 g/mol. The summed E-state index contributed by atoms with van der Waals surface area (Å²) in [5.41, 5.74) is 1.88. The lowest BCUT2D eigenvalue weighted by atomic mass is 9.86. The van der Waals surface area contributed by atoms with Crippen LogP contribution in [0.4, 0.5) is 0 Å². The molecule has 0 radical (unpaired) electrons. The number of aromatic hydroxyl groups is 2. The zero-order chi connectivity index (χ0) is 62.6. The van der Waals surface area contributed by atoms with Gasteiger partial charge in [0.15, 0.2) is 0 Å². The number of ether oxygens (including phenoxy) is 8. The first-order valence-corrected chi connectivity index (χ1v) is 28.4. The fraction of sp³-hybridized carbons (Fsp3) is 0.391. The first kappa shape index (κ1) is 73.2. The molecule has 0 saturated heterocycles. The molecule has 86 heavy (non-hydrogen) atoms. The van der Waals surface area contributed by atoms with Gasteiger partial charge in [0.1, 0.15) is 40.2 Å². The summed E-state index contributed by atoms with van der Waals surface area (Å²) in [5.74, 6) is -0.105. The Balaban J connectivity index is 0.000000601. The number of hydrogen-bond acceptors (Lipinski definition) is 16. The van der Waals surface area contributed by atoms with Crippen LogP contribution in [0.15, 0.2) is 147 Å². The molecular weight excluding hydrogens is 1100 g/mol. The van der Waals surface area contributed by atoms with Crippen LogP contribution in [-0.2, 0) is 39.4 Å². The minimum atomic E-state index is -0.946. The van der Waals surface area contributed by atoms with Crippen LogP contribution in [0.1, 0.15) is 168 Å². The van der Waals surface area contributed by atoms with Gasteiger partial charge in [0, 0.05) is 29.4 Å². The van der Waals surface area contributed by atoms with Crippen molar-refractivity contribution in [1.82, 2.24) is 0 Å². The number of phenolic OH excluding ortho intramolecular Hbond substituents is 2. The summed E-state index contributed by atoms with van der Waals surface area (Å²) in [4.78, 5) is 69.6. The van der Waals surface area contributed by atoms with E-state index in [-0.39, 0.29) is 35.9 Å². The molecule has 0 aliphatic rings. The van der Waals surface area contributed by atoms with Crippen LogP contribution in [-0.4, -0.2) is 90.8 Å². The van der Waals surface area contributed by atoms with Crippen molar-refractivity contribution in [3.8, 4) is 40.2 Å². The van der Waals surface area contributed by atoms with Gasteiger partial charge < -0.3 is 53.2 Å². The third-order valence-electron chi connectivity index (χ3n) is 12.4. The highest BCUT2D eigenvalue weighted by Crippen LogP contribution is 2.36. The van der Waals surface area contributed by atoms with Gasteiger partial charge in [-0.05, 0) is 197 Å². The van der Waals surface area contributed by atoms with Crippen molar-refractivity contribution in [2.24, 2.45) is 0 Å². The summed E-state index contributed by atoms with van der Waals surface area (Å²) in [6.45, 7) is 24.8. The summed E-state index contributed by atoms with van der Waals surface area (Å²) >= 11 is 0. The molecule has 0 aliphatic heterocycles. The molecular formula is C69H88O17. The average Bonchev–Trinajstić information content (AvgIpc) is 1.90. The predicted molar refractivity (Wildman–Crippen MR) is 332 cm³/mol. The first-order valence-electron chi connectivity index (χ1n) is 28.4. The molecule has 5 rings (SSSR count). The molecule has 5 aromatic rings. The van der Waals surface area contributed by atoms with E-state index in [9.17, 15) is 39.0 Å². The van der Waals surface area contributed by atoms with Crippen LogP contribution >= 0.6 is 0 Å². The van der Waals surface area contributed by atoms with E-state index in [1.54, 1.807) is 84.9 Å². The Kier molecular flexibility index (Phi) is 33.8. The van der Waals surface area contributed by atoms with Crippen molar-refractivity contribution in [2.75, 3.05) is 39.6 Å². The predicted octanol–water partition coefficient (Wildman–Crippen LogP) is 14.8. The fourth-order valence-corrected chi connectivity index (χ4v) is 7.70. The Bertz CT molecular complexity index is 2890. The van der Waals surface area contributed by atoms with Crippen LogP contribution in [0.3, 0.4) is 0 Å². The van der Waals surface area contributed by atoms with Crippen molar-refractivity contribution in [3.05, 3.63) is 175 Å². The molecule has 0 atom stereocenters. The molecule has 0 unspecified atom stereocenters. The van der Waals surface area contributed by atoms with E-state index in [1.807, 2.05) is 41.5 Å². The van der Waals surface area contributed by atoms with Crippen molar-refractivity contribution in [1.29, 1.82) is 0 Å². The second kappa shape index (κ2) is 39.6. The molecule has 0 aliphatic carbocycles. The van der Waals surface area contributed by atoms with E-state index < -0.39 is 35.3 Å². The van der Waals surface area contributed by atoms with Gasteiger partial charge in [-0.25, -0.2) is 28.8 Å². The summed E-state index contributed by atoms with van der Waals surface area (Å²) in [5, 5.41) is 27.4. The fourth-order valence-electron chi connectivity index (χ4n) is 7.70. The molecule has 5 aromatic carbocycles. The lowest BCUT2D eigenvalue weighted by Gasteiger charge is -2.23. The molecule has 0 spiro atoms. The Hall–Kier alpha value is -8.86. The van der Waals surface area contributed by atoms with Crippen LogP contribution in [0.25, 0.3) is 0 Å². The zero-order valence-corrected chi connectivity index (χ0v) is 50.0. The molecule has 0 aromatic heterocycles. The lowest BCUT2D eigenvalue weighted by Crippen LogP contribution is -2.17. The van der Waals surface area contributed by atoms with Crippen LogP contribution in [0.2, 0.25) is 0 Å². The molecule has 0 amide bonds. The topological polar surface area (TPSA) is 237 Å². The number of unbranched alkanes of at least 4 members (excludes halogenated alkanes) is 9. The minimum absolute atomic E-state index is 0. The smallest absolute Gasteiger partial charge is 0.343 e. The van der Waals surface area contributed by atoms with Gasteiger partial charge in [-0.1, -0.05) is 68.7 Å². The highest BCUT2D eigenvalue weighted by Gasteiger charge is 2.24. The molecule has 17 heteroatoms. The zero-order valence-electron chi connectivity index (χ0n) is 50.0. The Morgan fingerprint density at radius 3 is 1.08 bits per heavy atom. The van der Waals surface area contributed by atoms with Crippen molar-refractivity contribution >= 4 is 35.8 Å². The number of carbonyl (C=O) groups excluding carboxylic acids is 5. The first-order chi connectivity index (χ1) is 40.5. The third kappa shape index (κ3) is 29.6. The summed E-state index contributed by atoms with van der Waals surface area (Å²) in [6.07, 6.45) is 14.1. The maximum Gasteiger partial charge on any atom is 0.343 e. The van der Waals surface area contributed by atoms with Gasteiger partial charge >= 0.3 is 35.8 Å². The van der Waals surface area contributed by atoms with Crippen molar-refractivity contribution in [2.45, 2.75) is 137 Å². The van der Waals surface area contributed by atoms with E-state index in [2.05, 4.69) is 19.7 Å². The maximum absolute atomic E-state index is 13.1. The largest absolute Gasteiger partial charge is 0.508 e. The number of rotatable bonds is 32. The highest BCUT2D eigenvalue weighted by molar-refractivity contribution is 5.92. The third-order valence-corrected chi connectivity index (χ3v) is 12.4. The van der Waals surface area contributed by atoms with Crippen molar-refractivity contribution < 1.29 is 82.0 Å². The SMILES string of the molecule is C.C=CC(=O)OCCCCCCOc1ccc(C(=O)O)cc1.C=CC(=O)OCCCCCCOc1ccc(C(=O)Oc2ccc(OC(=O)c3ccc(OCCCCCCOC(=O)C=C)cc3)c(C(C)(C)C)c2)cc1.CC(C)(C)c1cc(O)ccc1O. The number of phenols is 2. The van der Waals surface area contributed by atoms with E-state index in [0.717, 1.165) is 101 Å². The van der Waals surface area contributed by atoms with Gasteiger partial charge in [0.2, 0.25) is 0 Å². The van der Waals surface area contributed by atoms with Gasteiger partial charge in [0.05, 0.1) is 56.3 Å². The molecule has 0 heterocycles. The Labute approximate surface area is 507 Å². The number of carbonyl (C=O) groups is 6. The Morgan fingerprint density at radius 2 is 0.744 bits per heavy atom. The normalized spacial score (nSPS) is 10.6. The second-order valence-electron chi connectivity index (χ2n) is 21.4. The van der Waals surface area contributed by atoms with Gasteiger partial charge in [-0.2, -0.15) is 0 Å². The number of esters is 5. The highest BCUT2D eigenvalue weighted by atomic mass is 16.6. The van der Waals surface area contributed by atoms with E-state index >= 15 is 0 Å². The average molecular weight is 1190 g/mol. The number of carboxylic acid groups (broad SMARTS) is 1. The second-order valence-corrected chi connectivity index (χ2v) is 21.4. The summed E-state index contributed by atoms with van der Waals surface area (Å²) in [6, 6.07) is 29.4. The molecule has 0 bridgehead atoms. The van der Waals surface area contributed by atoms with Crippen LogP contribution in [0.5, 0.6) is 40.2 Å². The molecule has 3 N–H and O–H groups in total. The number of aromatic carboxylic acids is 1. The molecule has 0 saturated carbocycles. The quantitative estimate of drug-likeness (QED) is 0.00906. The van der Waals surface area contributed by atoms with E-state index in [4.69, 9.17) is 43.0 Å². The number of benzene rings is 5. The number of carboxylic acids is 1. The van der Waals surface area contributed by atoms with Crippen molar-refractivity contribution in [3.63, 3.8) is 0 Å². The lowest BCUT2D eigenvalue weighted by molar-refractivity contribution is -0.138. The van der Waals surface area contributed by atoms with E-state index in [0.29, 0.717) is 85.1 Å². The van der Waals surface area contributed by atoms with Crippen LogP contribution in [0, 0.1) is 0 Å². The molecule has 17 nitrogen and oxygen atoms in total. The summed E-state index contributed by atoms with van der Waals surface area (Å²) < 4.78 is 43.4. The number of hydrogen-bond donors (Lipinski definition) is 3. The van der Waals surface area contributed by atoms with Gasteiger partial charge in [-0.15, -0.1) is 0 Å². The maximum atomic E-state index is 13.1. The Morgan fingerprint density at radius 1 is 0.407 bits per heavy atom. The van der Waals surface area contributed by atoms with Gasteiger partial charge in [-0.3, -0.25) is 0 Å². The summed E-state index contributed by atoms with van der Waals surface area (Å²) in [7, 11) is 0. The standard InChI is InChI=1S/C42H50O10.C16H20O5.C10H14O2.CH4/c1-6-38(43)49-28-14-10-8-12-26-47-33-20-16-31(17-21-33)40(45)51-35-24-25-37(36(30-35)42(3,4)5)52-41(46)32-18-22-34(23-19-32)48-27-13-9-11-15-29-50-39(44)7-2;1-2-15(17)21-12-6-4-3-5-11-20-14-9-7-13(8-10-14)16(18)19;1-10(2,3)8-6-7(11)4-5-9(8)12;/h6-7,16-25,30H,1-2,8-15,26-29H2,3-5H3;2,7-10H,1,3-6,11-12H2,(H,18,19);4-6,11-12H,1-3H3;1H4. The molecule has 0 fully saturated rings.